The van der Waals surface area contributed by atoms with Gasteiger partial charge in [-0.1, -0.05) is 40.2 Å². The molecule has 0 saturated carbocycles. The quantitative estimate of drug-likeness (QED) is 0.634. The van der Waals surface area contributed by atoms with E-state index < -0.39 is 11.1 Å². The molecule has 2 aromatic carbocycles. The second-order valence-corrected chi connectivity index (χ2v) is 8.65. The summed E-state index contributed by atoms with van der Waals surface area (Å²) in [5.74, 6) is 1.55. The summed E-state index contributed by atoms with van der Waals surface area (Å²) in [5.41, 5.74) is 1.94. The number of rotatable bonds is 0. The lowest BCUT2D eigenvalue weighted by atomic mass is 9.72. The Morgan fingerprint density at radius 3 is 2.37 bits per heavy atom. The molecule has 0 radical (unpaired) electrons. The van der Waals surface area contributed by atoms with Crippen LogP contribution in [0.5, 0.6) is 5.75 Å². The highest BCUT2D eigenvalue weighted by Crippen LogP contribution is 2.57. The third-order valence-electron chi connectivity index (χ3n) is 6.44. The fourth-order valence-corrected chi connectivity index (χ4v) is 5.30. The highest BCUT2D eigenvalue weighted by atomic mass is 79.9. The van der Waals surface area contributed by atoms with Crippen LogP contribution in [0.4, 0.5) is 0 Å². The van der Waals surface area contributed by atoms with Gasteiger partial charge in [0.1, 0.15) is 17.2 Å². The van der Waals surface area contributed by atoms with E-state index in [0.29, 0.717) is 0 Å². The molecule has 0 N–H and O–H groups in total. The van der Waals surface area contributed by atoms with Crippen LogP contribution in [0.25, 0.3) is 0 Å². The molecule has 1 aliphatic carbocycles. The van der Waals surface area contributed by atoms with E-state index in [9.17, 15) is 4.79 Å². The van der Waals surface area contributed by atoms with Crippen molar-refractivity contribution in [3.63, 3.8) is 0 Å². The molecule has 138 valence electrons. The van der Waals surface area contributed by atoms with E-state index in [1.54, 1.807) is 4.90 Å². The van der Waals surface area contributed by atoms with Gasteiger partial charge in [0, 0.05) is 17.1 Å². The third kappa shape index (κ3) is 2.15. The van der Waals surface area contributed by atoms with Crippen molar-refractivity contribution in [3.05, 3.63) is 63.6 Å². The van der Waals surface area contributed by atoms with Gasteiger partial charge < -0.3 is 9.64 Å². The van der Waals surface area contributed by atoms with Crippen molar-refractivity contribution in [2.75, 3.05) is 7.05 Å². The first kappa shape index (κ1) is 17.0. The molecule has 1 amide bonds. The van der Waals surface area contributed by atoms with Crippen molar-refractivity contribution < 1.29 is 9.53 Å². The summed E-state index contributed by atoms with van der Waals surface area (Å²) >= 11 is 3.57. The minimum Gasteiger partial charge on any atom is -0.483 e. The van der Waals surface area contributed by atoms with Crippen LogP contribution < -0.4 is 4.74 Å². The van der Waals surface area contributed by atoms with Crippen LogP contribution in [0.15, 0.2) is 51.9 Å². The largest absolute Gasteiger partial charge is 0.483 e. The van der Waals surface area contributed by atoms with Crippen molar-refractivity contribution in [1.82, 2.24) is 4.90 Å². The molecule has 27 heavy (non-hydrogen) atoms. The van der Waals surface area contributed by atoms with Crippen molar-refractivity contribution in [1.29, 1.82) is 0 Å². The van der Waals surface area contributed by atoms with Gasteiger partial charge in [0.05, 0.1) is 0 Å². The second kappa shape index (κ2) is 5.68. The van der Waals surface area contributed by atoms with Crippen LogP contribution in [0.2, 0.25) is 0 Å². The number of aryl methyl sites for hydroxylation is 2. The summed E-state index contributed by atoms with van der Waals surface area (Å²) in [6.45, 7) is 1.90. The highest BCUT2D eigenvalue weighted by Gasteiger charge is 2.67. The SMILES string of the molecule is CC1=NC2(C(=O)N1C)c1cc(Br)ccc1OC21CCc2ccccc2CC1. The Balaban J connectivity index is 1.70. The predicted octanol–water partition coefficient (Wildman–Crippen LogP) is 4.25. The van der Waals surface area contributed by atoms with Crippen LogP contribution in [0, 0.1) is 0 Å². The molecule has 2 heterocycles. The van der Waals surface area contributed by atoms with Crippen LogP contribution in [-0.4, -0.2) is 29.3 Å². The minimum atomic E-state index is -0.993. The Bertz CT molecular complexity index is 973. The Hall–Kier alpha value is -2.14. The topological polar surface area (TPSA) is 41.9 Å². The number of nitrogens with zero attached hydrogens (tertiary/aromatic N) is 2. The van der Waals surface area contributed by atoms with E-state index in [2.05, 4.69) is 40.2 Å². The molecule has 1 unspecified atom stereocenters. The van der Waals surface area contributed by atoms with Gasteiger partial charge in [0.25, 0.3) is 5.91 Å². The predicted molar refractivity (Wildman–Crippen MR) is 108 cm³/mol. The Morgan fingerprint density at radius 1 is 1.11 bits per heavy atom. The van der Waals surface area contributed by atoms with Gasteiger partial charge >= 0.3 is 0 Å². The molecule has 5 rings (SSSR count). The molecular formula is C22H21BrN2O2. The molecule has 4 nitrogen and oxygen atoms in total. The number of hydrogen-bond acceptors (Lipinski definition) is 3. The van der Waals surface area contributed by atoms with E-state index in [0.717, 1.165) is 47.3 Å². The lowest BCUT2D eigenvalue weighted by molar-refractivity contribution is -0.138. The summed E-state index contributed by atoms with van der Waals surface area (Å²) in [4.78, 5) is 20.3. The van der Waals surface area contributed by atoms with Gasteiger partial charge in [-0.05, 0) is 61.9 Å². The van der Waals surface area contributed by atoms with Crippen LogP contribution >= 0.6 is 15.9 Å². The summed E-state index contributed by atoms with van der Waals surface area (Å²) in [7, 11) is 1.81. The van der Waals surface area contributed by atoms with Crippen molar-refractivity contribution in [3.8, 4) is 5.75 Å². The lowest BCUT2D eigenvalue weighted by Crippen LogP contribution is -2.56. The maximum Gasteiger partial charge on any atom is 0.264 e. The zero-order valence-electron chi connectivity index (χ0n) is 15.5. The van der Waals surface area contributed by atoms with Gasteiger partial charge in [0.2, 0.25) is 5.54 Å². The maximum absolute atomic E-state index is 13.6. The van der Waals surface area contributed by atoms with Crippen molar-refractivity contribution in [2.24, 2.45) is 4.99 Å². The number of halogens is 1. The van der Waals surface area contributed by atoms with Crippen LogP contribution in [-0.2, 0) is 23.2 Å². The number of carbonyl (C=O) groups is 1. The molecule has 0 aromatic heterocycles. The van der Waals surface area contributed by atoms with E-state index in [4.69, 9.17) is 9.73 Å². The van der Waals surface area contributed by atoms with E-state index in [1.165, 1.54) is 11.1 Å². The molecule has 0 fully saturated rings. The van der Waals surface area contributed by atoms with E-state index in [-0.39, 0.29) is 5.91 Å². The molecule has 2 aromatic rings. The molecule has 2 aliphatic heterocycles. The summed E-state index contributed by atoms with van der Waals surface area (Å²) in [5, 5.41) is 0. The molecule has 0 saturated heterocycles. The van der Waals surface area contributed by atoms with Crippen molar-refractivity contribution in [2.45, 2.75) is 43.7 Å². The Morgan fingerprint density at radius 2 is 1.78 bits per heavy atom. The van der Waals surface area contributed by atoms with E-state index in [1.807, 2.05) is 32.2 Å². The fraction of sp³-hybridized carbons (Fsp3) is 0.364. The smallest absolute Gasteiger partial charge is 0.264 e. The first-order valence-corrected chi connectivity index (χ1v) is 10.2. The third-order valence-corrected chi connectivity index (χ3v) is 6.93. The molecule has 1 atom stereocenters. The second-order valence-electron chi connectivity index (χ2n) is 7.74. The zero-order chi connectivity index (χ0) is 18.8. The standard InChI is InChI=1S/C22H21BrN2O2/c1-14-24-22(20(26)25(14)2)18-13-17(23)7-8-19(18)27-21(22)11-9-15-5-3-4-6-16(15)10-12-21/h3-8,13H,9-12H2,1-2H3. The maximum atomic E-state index is 13.6. The van der Waals surface area contributed by atoms with E-state index >= 15 is 0 Å². The van der Waals surface area contributed by atoms with Crippen molar-refractivity contribution >= 4 is 27.7 Å². The first-order valence-electron chi connectivity index (χ1n) is 9.37. The summed E-state index contributed by atoms with van der Waals surface area (Å²) in [6.07, 6.45) is 3.32. The molecular weight excluding hydrogens is 404 g/mol. The minimum absolute atomic E-state index is 0.0165. The number of benzene rings is 2. The average Bonchev–Trinajstić information content (AvgIpc) is 2.96. The van der Waals surface area contributed by atoms with Gasteiger partial charge in [0.15, 0.2) is 0 Å². The number of amides is 1. The Labute approximate surface area is 167 Å². The molecule has 0 bridgehead atoms. The molecule has 3 aliphatic rings. The van der Waals surface area contributed by atoms with Crippen LogP contribution in [0.1, 0.15) is 36.5 Å². The lowest BCUT2D eigenvalue weighted by Gasteiger charge is -2.38. The average molecular weight is 425 g/mol. The van der Waals surface area contributed by atoms with Gasteiger partial charge in [-0.25, -0.2) is 4.99 Å². The fourth-order valence-electron chi connectivity index (χ4n) is 4.94. The van der Waals surface area contributed by atoms with Gasteiger partial charge in [-0.15, -0.1) is 0 Å². The van der Waals surface area contributed by atoms with Crippen LogP contribution in [0.3, 0.4) is 0 Å². The number of fused-ring (bicyclic) bond motifs is 4. The summed E-state index contributed by atoms with van der Waals surface area (Å²) < 4.78 is 7.57. The number of aliphatic imine (C=N–C) groups is 1. The highest BCUT2D eigenvalue weighted by molar-refractivity contribution is 9.10. The Kier molecular flexibility index (Phi) is 3.57. The molecule has 2 spiro atoms. The number of likely N-dealkylation sites (N-methyl/N-ethyl adjacent to an activating group) is 1. The zero-order valence-corrected chi connectivity index (χ0v) is 17.0. The van der Waals surface area contributed by atoms with Gasteiger partial charge in [-0.2, -0.15) is 0 Å². The monoisotopic (exact) mass is 424 g/mol. The number of amidine groups is 1. The first-order chi connectivity index (χ1) is 13.0. The normalized spacial score (nSPS) is 25.2. The number of hydrogen-bond donors (Lipinski definition) is 0. The number of ether oxygens (including phenoxy) is 1. The number of carbonyl (C=O) groups excluding carboxylic acids is 1. The molecule has 5 heteroatoms. The van der Waals surface area contributed by atoms with Gasteiger partial charge in [-0.3, -0.25) is 4.79 Å². The summed E-state index contributed by atoms with van der Waals surface area (Å²) in [6, 6.07) is 14.5.